The van der Waals surface area contributed by atoms with Crippen molar-refractivity contribution in [3.8, 4) is 11.6 Å². The minimum absolute atomic E-state index is 0.0592. The second-order valence-electron chi connectivity index (χ2n) is 7.53. The molecule has 2 N–H and O–H groups in total. The maximum absolute atomic E-state index is 14.4. The number of halogens is 2. The zero-order valence-electron chi connectivity index (χ0n) is 18.0. The van der Waals surface area contributed by atoms with Gasteiger partial charge in [0.15, 0.2) is 11.6 Å². The summed E-state index contributed by atoms with van der Waals surface area (Å²) >= 11 is 0. The Balaban J connectivity index is 1.34. The standard InChI is InChI=1S/C21H22F2N6O4/c1-12-3-16(32-2)21(23)15(20(12)22)11-33-18-6-24-17(5-25-18)27-13-4-26-29(7-13)10-19(31)28-8-14(30)9-28/h3-7,14,30H,8-11H2,1-2H3,(H,24,27). The molecule has 0 unspecified atom stereocenters. The van der Waals surface area contributed by atoms with E-state index in [0.29, 0.717) is 24.6 Å². The Kier molecular flexibility index (Phi) is 6.36. The molecule has 1 aromatic carbocycles. The van der Waals surface area contributed by atoms with Crippen molar-refractivity contribution in [1.29, 1.82) is 0 Å². The lowest BCUT2D eigenvalue weighted by Crippen LogP contribution is -2.54. The van der Waals surface area contributed by atoms with Gasteiger partial charge in [-0.15, -0.1) is 0 Å². The van der Waals surface area contributed by atoms with Crippen molar-refractivity contribution in [1.82, 2.24) is 24.6 Å². The highest BCUT2D eigenvalue weighted by atomic mass is 19.1. The number of carbonyl (C=O) groups is 1. The Morgan fingerprint density at radius 2 is 2.03 bits per heavy atom. The molecule has 174 valence electrons. The Labute approximate surface area is 187 Å². The zero-order valence-corrected chi connectivity index (χ0v) is 18.0. The molecule has 1 aliphatic heterocycles. The minimum Gasteiger partial charge on any atom is -0.494 e. The summed E-state index contributed by atoms with van der Waals surface area (Å²) in [5.41, 5.74) is 0.568. The first kappa shape index (κ1) is 22.4. The molecule has 4 rings (SSSR count). The molecule has 33 heavy (non-hydrogen) atoms. The van der Waals surface area contributed by atoms with Crippen molar-refractivity contribution >= 4 is 17.4 Å². The van der Waals surface area contributed by atoms with E-state index in [4.69, 9.17) is 9.47 Å². The van der Waals surface area contributed by atoms with E-state index in [1.54, 1.807) is 11.1 Å². The van der Waals surface area contributed by atoms with Gasteiger partial charge < -0.3 is 24.8 Å². The third-order valence-corrected chi connectivity index (χ3v) is 5.07. The highest BCUT2D eigenvalue weighted by Gasteiger charge is 2.28. The molecule has 1 fully saturated rings. The largest absolute Gasteiger partial charge is 0.494 e. The third kappa shape index (κ3) is 5.00. The molecule has 3 heterocycles. The topological polar surface area (TPSA) is 115 Å². The molecule has 1 amide bonds. The smallest absolute Gasteiger partial charge is 0.244 e. The normalized spacial score (nSPS) is 13.5. The van der Waals surface area contributed by atoms with Crippen molar-refractivity contribution in [3.63, 3.8) is 0 Å². The molecular weight excluding hydrogens is 438 g/mol. The van der Waals surface area contributed by atoms with Gasteiger partial charge in [0.25, 0.3) is 0 Å². The number of hydrogen-bond acceptors (Lipinski definition) is 8. The van der Waals surface area contributed by atoms with Crippen LogP contribution in [0.1, 0.15) is 11.1 Å². The first-order chi connectivity index (χ1) is 15.8. The van der Waals surface area contributed by atoms with E-state index < -0.39 is 17.7 Å². The molecule has 0 atom stereocenters. The molecule has 0 spiro atoms. The highest BCUT2D eigenvalue weighted by Crippen LogP contribution is 2.27. The van der Waals surface area contributed by atoms with Crippen LogP contribution in [0.3, 0.4) is 0 Å². The number of likely N-dealkylation sites (tertiary alicyclic amines) is 1. The number of aliphatic hydroxyl groups is 1. The lowest BCUT2D eigenvalue weighted by Gasteiger charge is -2.35. The first-order valence-electron chi connectivity index (χ1n) is 10.1. The van der Waals surface area contributed by atoms with Gasteiger partial charge in [-0.25, -0.2) is 18.7 Å². The highest BCUT2D eigenvalue weighted by molar-refractivity contribution is 5.77. The van der Waals surface area contributed by atoms with E-state index in [9.17, 15) is 18.7 Å². The zero-order chi connectivity index (χ0) is 23.5. The minimum atomic E-state index is -0.826. The second-order valence-corrected chi connectivity index (χ2v) is 7.53. The maximum Gasteiger partial charge on any atom is 0.244 e. The fraction of sp³-hybridized carbons (Fsp3) is 0.333. The van der Waals surface area contributed by atoms with Gasteiger partial charge in [0, 0.05) is 19.3 Å². The van der Waals surface area contributed by atoms with Crippen LogP contribution < -0.4 is 14.8 Å². The van der Waals surface area contributed by atoms with Gasteiger partial charge in [0.2, 0.25) is 11.8 Å². The Morgan fingerprint density at radius 1 is 1.24 bits per heavy atom. The van der Waals surface area contributed by atoms with Crippen LogP contribution in [0.4, 0.5) is 20.3 Å². The fourth-order valence-electron chi connectivity index (χ4n) is 3.24. The van der Waals surface area contributed by atoms with Crippen LogP contribution in [0.15, 0.2) is 30.9 Å². The van der Waals surface area contributed by atoms with E-state index in [1.165, 1.54) is 43.4 Å². The number of hydrogen-bond donors (Lipinski definition) is 2. The van der Waals surface area contributed by atoms with Crippen molar-refractivity contribution in [2.24, 2.45) is 0 Å². The quantitative estimate of drug-likeness (QED) is 0.523. The van der Waals surface area contributed by atoms with E-state index in [1.807, 2.05) is 0 Å². The number of aromatic nitrogens is 4. The number of ether oxygens (including phenoxy) is 2. The molecule has 1 aliphatic rings. The monoisotopic (exact) mass is 460 g/mol. The van der Waals surface area contributed by atoms with Crippen LogP contribution in [0.25, 0.3) is 0 Å². The number of methoxy groups -OCH3 is 1. The molecule has 1 saturated heterocycles. The number of aryl methyl sites for hydroxylation is 1. The number of rotatable bonds is 8. The average molecular weight is 460 g/mol. The summed E-state index contributed by atoms with van der Waals surface area (Å²) in [6.07, 6.45) is 5.42. The van der Waals surface area contributed by atoms with Crippen LogP contribution in [-0.2, 0) is 17.9 Å². The number of β-amino-alcohol motifs (C(OH)–C–C–N with tert-alkyl or cyclic N) is 1. The van der Waals surface area contributed by atoms with E-state index in [2.05, 4.69) is 20.4 Å². The molecule has 0 radical (unpaired) electrons. The van der Waals surface area contributed by atoms with Gasteiger partial charge in [-0.05, 0) is 18.6 Å². The molecule has 0 bridgehead atoms. The molecule has 0 saturated carbocycles. The molecular formula is C21H22F2N6O4. The summed E-state index contributed by atoms with van der Waals surface area (Å²) in [4.78, 5) is 21.8. The van der Waals surface area contributed by atoms with Crippen molar-refractivity contribution in [2.45, 2.75) is 26.2 Å². The number of carbonyl (C=O) groups excluding carboxylic acids is 1. The summed E-state index contributed by atoms with van der Waals surface area (Å²) in [5.74, 6) is -1.27. The van der Waals surface area contributed by atoms with Crippen molar-refractivity contribution in [3.05, 3.63) is 53.6 Å². The summed E-state index contributed by atoms with van der Waals surface area (Å²) in [6, 6.07) is 1.28. The number of amides is 1. The van der Waals surface area contributed by atoms with Crippen LogP contribution in [0.5, 0.6) is 11.6 Å². The predicted molar refractivity (Wildman–Crippen MR) is 112 cm³/mol. The van der Waals surface area contributed by atoms with Crippen LogP contribution >= 0.6 is 0 Å². The first-order valence-corrected chi connectivity index (χ1v) is 10.1. The summed E-state index contributed by atoms with van der Waals surface area (Å²) in [5, 5.41) is 16.4. The molecule has 3 aromatic rings. The maximum atomic E-state index is 14.4. The number of nitrogens with one attached hydrogen (secondary N) is 1. The van der Waals surface area contributed by atoms with Crippen LogP contribution in [0.2, 0.25) is 0 Å². The van der Waals surface area contributed by atoms with Crippen LogP contribution in [0, 0.1) is 18.6 Å². The molecule has 10 nitrogen and oxygen atoms in total. The lowest BCUT2D eigenvalue weighted by molar-refractivity contribution is -0.142. The molecule has 2 aromatic heterocycles. The fourth-order valence-corrected chi connectivity index (χ4v) is 3.24. The van der Waals surface area contributed by atoms with Crippen LogP contribution in [-0.4, -0.2) is 62.0 Å². The molecule has 12 heteroatoms. The van der Waals surface area contributed by atoms with Crippen molar-refractivity contribution < 1.29 is 28.2 Å². The summed E-state index contributed by atoms with van der Waals surface area (Å²) < 4.78 is 40.4. The number of aliphatic hydroxyl groups excluding tert-OH is 1. The van der Waals surface area contributed by atoms with Gasteiger partial charge in [0.1, 0.15) is 24.8 Å². The van der Waals surface area contributed by atoms with E-state index >= 15 is 0 Å². The predicted octanol–water partition coefficient (Wildman–Crippen LogP) is 1.79. The van der Waals surface area contributed by atoms with Gasteiger partial charge >= 0.3 is 0 Å². The average Bonchev–Trinajstić information content (AvgIpc) is 3.21. The van der Waals surface area contributed by atoms with E-state index in [0.717, 1.165) is 0 Å². The third-order valence-electron chi connectivity index (χ3n) is 5.07. The lowest BCUT2D eigenvalue weighted by atomic mass is 10.1. The number of benzene rings is 1. The van der Waals surface area contributed by atoms with Gasteiger partial charge in [0.05, 0.1) is 43.1 Å². The Bertz CT molecular complexity index is 1150. The van der Waals surface area contributed by atoms with Gasteiger partial charge in [-0.2, -0.15) is 5.10 Å². The Morgan fingerprint density at radius 3 is 2.70 bits per heavy atom. The Hall–Kier alpha value is -3.80. The summed E-state index contributed by atoms with van der Waals surface area (Å²) in [7, 11) is 1.30. The summed E-state index contributed by atoms with van der Waals surface area (Å²) in [6.45, 7) is 1.86. The van der Waals surface area contributed by atoms with Crippen molar-refractivity contribution in [2.75, 3.05) is 25.5 Å². The number of nitrogens with zero attached hydrogens (tertiary/aromatic N) is 5. The second kappa shape index (κ2) is 9.36. The van der Waals surface area contributed by atoms with E-state index in [-0.39, 0.29) is 41.8 Å². The number of anilines is 2. The SMILES string of the molecule is COc1cc(C)c(F)c(COc2cnc(Nc3cnn(CC(=O)N4CC(O)C4)c3)cn2)c1F. The van der Waals surface area contributed by atoms with Gasteiger partial charge in [-0.3, -0.25) is 9.48 Å². The van der Waals surface area contributed by atoms with Gasteiger partial charge in [-0.1, -0.05) is 0 Å². The molecule has 0 aliphatic carbocycles.